The molecule has 3 unspecified atom stereocenters. The molecule has 246 valence electrons. The van der Waals surface area contributed by atoms with Crippen LogP contribution in [0.4, 0.5) is 4.79 Å². The van der Waals surface area contributed by atoms with Crippen LogP contribution in [0.1, 0.15) is 64.2 Å². The second-order valence-corrected chi connectivity index (χ2v) is 12.8. The molecular formula is C37H47N3O6. The fourth-order valence-corrected chi connectivity index (χ4v) is 4.79. The van der Waals surface area contributed by atoms with E-state index in [0.29, 0.717) is 12.8 Å². The van der Waals surface area contributed by atoms with E-state index in [-0.39, 0.29) is 25.4 Å². The number of esters is 1. The summed E-state index contributed by atoms with van der Waals surface area (Å²) in [6, 6.07) is 25.3. The third-order valence-electron chi connectivity index (χ3n) is 7.02. The number of benzene rings is 3. The molecule has 3 aromatic carbocycles. The summed E-state index contributed by atoms with van der Waals surface area (Å²) < 4.78 is 11.0. The van der Waals surface area contributed by atoms with Gasteiger partial charge < -0.3 is 25.4 Å². The Morgan fingerprint density at radius 3 is 1.70 bits per heavy atom. The van der Waals surface area contributed by atoms with Crippen molar-refractivity contribution in [1.82, 2.24) is 16.0 Å². The van der Waals surface area contributed by atoms with Crippen LogP contribution in [0.2, 0.25) is 0 Å². The molecule has 0 radical (unpaired) electrons. The second-order valence-electron chi connectivity index (χ2n) is 12.8. The average molecular weight is 630 g/mol. The Morgan fingerprint density at radius 2 is 1.15 bits per heavy atom. The molecule has 0 saturated carbocycles. The molecule has 3 atom stereocenters. The fraction of sp³-hybridized carbons (Fsp3) is 0.405. The number of carbonyl (C=O) groups excluding carboxylic acids is 4. The van der Waals surface area contributed by atoms with E-state index in [4.69, 9.17) is 9.47 Å². The summed E-state index contributed by atoms with van der Waals surface area (Å²) in [6.07, 6.45) is 0.597. The van der Waals surface area contributed by atoms with Gasteiger partial charge in [-0.1, -0.05) is 105 Å². The van der Waals surface area contributed by atoms with Gasteiger partial charge >= 0.3 is 12.1 Å². The van der Waals surface area contributed by atoms with Crippen molar-refractivity contribution in [3.8, 4) is 0 Å². The molecule has 0 aromatic heterocycles. The Bertz CT molecular complexity index is 1390. The fourth-order valence-electron chi connectivity index (χ4n) is 4.79. The first-order chi connectivity index (χ1) is 21.9. The molecule has 0 aliphatic carbocycles. The van der Waals surface area contributed by atoms with E-state index >= 15 is 0 Å². The Labute approximate surface area is 272 Å². The summed E-state index contributed by atoms with van der Waals surface area (Å²) in [6.45, 7) is 9.16. The van der Waals surface area contributed by atoms with Crippen LogP contribution >= 0.6 is 0 Å². The van der Waals surface area contributed by atoms with Crippen LogP contribution in [0.5, 0.6) is 0 Å². The average Bonchev–Trinajstić information content (AvgIpc) is 3.01. The first-order valence-corrected chi connectivity index (χ1v) is 15.8. The molecule has 0 bridgehead atoms. The van der Waals surface area contributed by atoms with Gasteiger partial charge in [-0.25, -0.2) is 9.59 Å². The molecule has 0 heterocycles. The first-order valence-electron chi connectivity index (χ1n) is 15.8. The number of ether oxygens (including phenoxy) is 2. The van der Waals surface area contributed by atoms with Gasteiger partial charge in [-0.05, 0) is 62.6 Å². The maximum absolute atomic E-state index is 13.8. The third kappa shape index (κ3) is 13.1. The number of hydrogen-bond acceptors (Lipinski definition) is 6. The highest BCUT2D eigenvalue weighted by atomic mass is 16.6. The lowest BCUT2D eigenvalue weighted by molar-refractivity contribution is -0.149. The van der Waals surface area contributed by atoms with E-state index in [0.717, 1.165) is 16.7 Å². The van der Waals surface area contributed by atoms with Crippen LogP contribution in [0.3, 0.4) is 0 Å². The molecule has 0 spiro atoms. The summed E-state index contributed by atoms with van der Waals surface area (Å²) in [5, 5.41) is 8.37. The SMILES string of the molecule is CC(C)CC(NC(=O)C(CCc1ccccc1)NC(=O)OC(C)(C)C)C(=O)NC(Cc1ccccc1)C(=O)OCc1ccccc1. The summed E-state index contributed by atoms with van der Waals surface area (Å²) in [4.78, 5) is 53.4. The number of rotatable bonds is 15. The maximum Gasteiger partial charge on any atom is 0.408 e. The molecule has 3 N–H and O–H groups in total. The number of carbonyl (C=O) groups is 4. The van der Waals surface area contributed by atoms with Crippen LogP contribution in [-0.2, 0) is 43.3 Å². The zero-order chi connectivity index (χ0) is 33.5. The molecule has 0 fully saturated rings. The highest BCUT2D eigenvalue weighted by Gasteiger charge is 2.31. The highest BCUT2D eigenvalue weighted by molar-refractivity contribution is 5.93. The molecule has 9 heteroatoms. The zero-order valence-electron chi connectivity index (χ0n) is 27.5. The van der Waals surface area contributed by atoms with Gasteiger partial charge in [-0.2, -0.15) is 0 Å². The van der Waals surface area contributed by atoms with Crippen molar-refractivity contribution in [2.45, 2.75) is 90.6 Å². The number of nitrogens with one attached hydrogen (secondary N) is 3. The molecule has 46 heavy (non-hydrogen) atoms. The lowest BCUT2D eigenvalue weighted by Gasteiger charge is -2.27. The molecule has 3 aromatic rings. The molecule has 0 saturated heterocycles. The van der Waals surface area contributed by atoms with Crippen molar-refractivity contribution in [2.75, 3.05) is 0 Å². The molecule has 3 rings (SSSR count). The van der Waals surface area contributed by atoms with E-state index in [1.165, 1.54) is 0 Å². The van der Waals surface area contributed by atoms with Gasteiger partial charge in [-0.15, -0.1) is 0 Å². The number of alkyl carbamates (subject to hydrolysis) is 1. The van der Waals surface area contributed by atoms with Gasteiger partial charge in [-0.3, -0.25) is 9.59 Å². The highest BCUT2D eigenvalue weighted by Crippen LogP contribution is 2.13. The van der Waals surface area contributed by atoms with E-state index in [9.17, 15) is 19.2 Å². The van der Waals surface area contributed by atoms with Gasteiger partial charge in [0.15, 0.2) is 0 Å². The van der Waals surface area contributed by atoms with Gasteiger partial charge in [0.1, 0.15) is 30.3 Å². The summed E-state index contributed by atoms with van der Waals surface area (Å²) in [5.41, 5.74) is 1.91. The van der Waals surface area contributed by atoms with Crippen LogP contribution in [-0.4, -0.2) is 47.6 Å². The molecule has 9 nitrogen and oxygen atoms in total. The molecular weight excluding hydrogens is 582 g/mol. The van der Waals surface area contributed by atoms with Crippen LogP contribution in [0.25, 0.3) is 0 Å². The van der Waals surface area contributed by atoms with Crippen molar-refractivity contribution in [3.05, 3.63) is 108 Å². The normalized spacial score (nSPS) is 13.2. The third-order valence-corrected chi connectivity index (χ3v) is 7.02. The topological polar surface area (TPSA) is 123 Å². The lowest BCUT2D eigenvalue weighted by Crippen LogP contribution is -2.56. The minimum Gasteiger partial charge on any atom is -0.459 e. The van der Waals surface area contributed by atoms with Gasteiger partial charge in [0.25, 0.3) is 0 Å². The van der Waals surface area contributed by atoms with E-state index in [2.05, 4.69) is 16.0 Å². The maximum atomic E-state index is 13.8. The first kappa shape index (κ1) is 35.8. The zero-order valence-corrected chi connectivity index (χ0v) is 27.5. The molecule has 0 aliphatic rings. The van der Waals surface area contributed by atoms with Crippen LogP contribution in [0, 0.1) is 5.92 Å². The van der Waals surface area contributed by atoms with Gasteiger partial charge in [0.05, 0.1) is 0 Å². The van der Waals surface area contributed by atoms with Crippen molar-refractivity contribution < 1.29 is 28.7 Å². The van der Waals surface area contributed by atoms with E-state index < -0.39 is 47.6 Å². The quantitative estimate of drug-likeness (QED) is 0.191. The van der Waals surface area contributed by atoms with Crippen LogP contribution < -0.4 is 16.0 Å². The number of hydrogen-bond donors (Lipinski definition) is 3. The minimum atomic E-state index is -0.987. The Balaban J connectivity index is 1.77. The van der Waals surface area contributed by atoms with Crippen LogP contribution in [0.15, 0.2) is 91.0 Å². The molecule has 3 amide bonds. The standard InChI is InChI=1S/C37H47N3O6/c1-26(2)23-31(38-33(41)30(40-36(44)46-37(3,4)5)22-21-27-15-9-6-10-16-27)34(42)39-32(24-28-17-11-7-12-18-28)35(43)45-25-29-19-13-8-14-20-29/h6-20,26,30-32H,21-25H2,1-5H3,(H,38,41)(H,39,42)(H,40,44). The van der Waals surface area contributed by atoms with Crippen molar-refractivity contribution in [3.63, 3.8) is 0 Å². The summed E-state index contributed by atoms with van der Waals surface area (Å²) >= 11 is 0. The summed E-state index contributed by atoms with van der Waals surface area (Å²) in [5.74, 6) is -1.58. The summed E-state index contributed by atoms with van der Waals surface area (Å²) in [7, 11) is 0. The monoisotopic (exact) mass is 629 g/mol. The Morgan fingerprint density at radius 1 is 0.652 bits per heavy atom. The minimum absolute atomic E-state index is 0.0373. The van der Waals surface area contributed by atoms with Gasteiger partial charge in [0, 0.05) is 6.42 Å². The predicted octanol–water partition coefficient (Wildman–Crippen LogP) is 5.51. The van der Waals surface area contributed by atoms with E-state index in [1.807, 2.05) is 105 Å². The van der Waals surface area contributed by atoms with Crippen molar-refractivity contribution in [1.29, 1.82) is 0 Å². The van der Waals surface area contributed by atoms with Crippen molar-refractivity contribution >= 4 is 23.9 Å². The number of amides is 3. The van der Waals surface area contributed by atoms with Gasteiger partial charge in [0.2, 0.25) is 11.8 Å². The predicted molar refractivity (Wildman–Crippen MR) is 178 cm³/mol. The smallest absolute Gasteiger partial charge is 0.408 e. The lowest BCUT2D eigenvalue weighted by atomic mass is 10.00. The Kier molecular flexibility index (Phi) is 13.8. The second kappa shape index (κ2) is 17.7. The number of aryl methyl sites for hydroxylation is 1. The Hall–Kier alpha value is -4.66. The molecule has 0 aliphatic heterocycles. The van der Waals surface area contributed by atoms with Crippen molar-refractivity contribution in [2.24, 2.45) is 5.92 Å². The largest absolute Gasteiger partial charge is 0.459 e. The van der Waals surface area contributed by atoms with E-state index in [1.54, 1.807) is 20.8 Å².